The molecule has 0 unspecified atom stereocenters. The van der Waals surface area contributed by atoms with E-state index in [0.717, 1.165) is 19.3 Å². The zero-order chi connectivity index (χ0) is 20.3. The van der Waals surface area contributed by atoms with Crippen molar-refractivity contribution in [2.45, 2.75) is 36.7 Å². The zero-order valence-corrected chi connectivity index (χ0v) is 17.2. The molecule has 11 heteroatoms. The quantitative estimate of drug-likeness (QED) is 0.652. The molecule has 1 aliphatic rings. The summed E-state index contributed by atoms with van der Waals surface area (Å²) in [6.07, 6.45) is 6.10. The molecule has 0 saturated carbocycles. The fourth-order valence-electron chi connectivity index (χ4n) is 3.24. The van der Waals surface area contributed by atoms with E-state index in [1.165, 1.54) is 32.4 Å². The maximum atomic E-state index is 13.2. The van der Waals surface area contributed by atoms with Crippen LogP contribution in [-0.2, 0) is 21.4 Å². The molecule has 1 saturated heterocycles. The predicted octanol–water partition coefficient (Wildman–Crippen LogP) is 1.81. The van der Waals surface area contributed by atoms with Gasteiger partial charge in [0.25, 0.3) is 15.9 Å². The molecule has 1 fully saturated rings. The van der Waals surface area contributed by atoms with Gasteiger partial charge in [-0.25, -0.2) is 8.42 Å². The lowest BCUT2D eigenvalue weighted by Gasteiger charge is -2.35. The number of hydroxylamine groups is 1. The van der Waals surface area contributed by atoms with Crippen LogP contribution in [0.4, 0.5) is 0 Å². The third-order valence-electron chi connectivity index (χ3n) is 4.81. The maximum absolute atomic E-state index is 13.2. The average molecular weight is 428 g/mol. The molecule has 0 radical (unpaired) electrons. The van der Waals surface area contributed by atoms with Gasteiger partial charge in [-0.3, -0.25) is 14.3 Å². The second kappa shape index (κ2) is 8.56. The molecule has 1 aliphatic heterocycles. The van der Waals surface area contributed by atoms with Crippen LogP contribution >= 0.6 is 11.6 Å². The standard InChI is InChI=1S/C17H22ClN5O4S/c1-21(27-2)28(25,26)16-11-13(6-7-15(16)18)17(24)23-9-4-3-5-14(23)12-22-10-8-19-20-22/h6-8,10-11,14H,3-5,9,12H2,1-2H3/t14-/m1/s1. The summed E-state index contributed by atoms with van der Waals surface area (Å²) in [5, 5.41) is 7.80. The molecule has 9 nitrogen and oxygen atoms in total. The molecular weight excluding hydrogens is 406 g/mol. The summed E-state index contributed by atoms with van der Waals surface area (Å²) in [5.41, 5.74) is 0.262. The van der Waals surface area contributed by atoms with Gasteiger partial charge in [0, 0.05) is 25.4 Å². The number of rotatable bonds is 6. The molecule has 2 heterocycles. The second-order valence-corrected chi connectivity index (χ2v) is 8.83. The minimum absolute atomic E-state index is 0.0262. The Morgan fingerprint density at radius 1 is 1.39 bits per heavy atom. The van der Waals surface area contributed by atoms with E-state index in [1.54, 1.807) is 22.0 Å². The van der Waals surface area contributed by atoms with Crippen LogP contribution in [0, 0.1) is 0 Å². The van der Waals surface area contributed by atoms with Crippen molar-refractivity contribution in [1.82, 2.24) is 24.4 Å². The van der Waals surface area contributed by atoms with E-state index in [9.17, 15) is 13.2 Å². The molecule has 1 amide bonds. The number of carbonyl (C=O) groups excluding carboxylic acids is 1. The number of piperidine rings is 1. The summed E-state index contributed by atoms with van der Waals surface area (Å²) in [6, 6.07) is 4.22. The SMILES string of the molecule is CON(C)S(=O)(=O)c1cc(C(=O)N2CCCC[C@@H]2Cn2ccnn2)ccc1Cl. The third-order valence-corrected chi connectivity index (χ3v) is 6.97. The lowest BCUT2D eigenvalue weighted by Crippen LogP contribution is -2.46. The first-order valence-corrected chi connectivity index (χ1v) is 10.6. The highest BCUT2D eigenvalue weighted by Gasteiger charge is 2.30. The van der Waals surface area contributed by atoms with Crippen molar-refractivity contribution < 1.29 is 18.0 Å². The zero-order valence-electron chi connectivity index (χ0n) is 15.7. The van der Waals surface area contributed by atoms with E-state index in [1.807, 2.05) is 0 Å². The van der Waals surface area contributed by atoms with Gasteiger partial charge in [-0.05, 0) is 37.5 Å². The Kier molecular flexibility index (Phi) is 6.33. The van der Waals surface area contributed by atoms with Crippen LogP contribution in [0.1, 0.15) is 29.6 Å². The van der Waals surface area contributed by atoms with Crippen molar-refractivity contribution in [3.63, 3.8) is 0 Å². The Labute approximate surface area is 168 Å². The normalized spacial score (nSPS) is 17.9. The molecule has 0 N–H and O–H groups in total. The molecule has 0 spiro atoms. The number of benzene rings is 1. The molecule has 28 heavy (non-hydrogen) atoms. The summed E-state index contributed by atoms with van der Waals surface area (Å²) in [7, 11) is -1.47. The smallest absolute Gasteiger partial charge is 0.266 e. The van der Waals surface area contributed by atoms with Crippen LogP contribution in [0.2, 0.25) is 5.02 Å². The number of halogens is 1. The highest BCUT2D eigenvalue weighted by molar-refractivity contribution is 7.89. The predicted molar refractivity (Wildman–Crippen MR) is 102 cm³/mol. The first-order chi connectivity index (χ1) is 13.3. The lowest BCUT2D eigenvalue weighted by atomic mass is 10.0. The van der Waals surface area contributed by atoms with E-state index in [-0.39, 0.29) is 27.4 Å². The number of hydrogen-bond donors (Lipinski definition) is 0. The number of nitrogens with zero attached hydrogens (tertiary/aromatic N) is 5. The Hall–Kier alpha value is -2.01. The Morgan fingerprint density at radius 2 is 2.18 bits per heavy atom. The fourth-order valence-corrected chi connectivity index (χ4v) is 4.71. The van der Waals surface area contributed by atoms with Crippen LogP contribution < -0.4 is 0 Å². The summed E-state index contributed by atoms with van der Waals surface area (Å²) in [4.78, 5) is 19.6. The van der Waals surface area contributed by atoms with Crippen molar-refractivity contribution in [3.8, 4) is 0 Å². The molecular formula is C17H22ClN5O4S. The van der Waals surface area contributed by atoms with Gasteiger partial charge in [-0.15, -0.1) is 5.10 Å². The van der Waals surface area contributed by atoms with Crippen molar-refractivity contribution in [3.05, 3.63) is 41.2 Å². The van der Waals surface area contributed by atoms with Crippen LogP contribution in [0.5, 0.6) is 0 Å². The van der Waals surface area contributed by atoms with E-state index < -0.39 is 10.0 Å². The van der Waals surface area contributed by atoms with E-state index in [0.29, 0.717) is 17.6 Å². The highest BCUT2D eigenvalue weighted by Crippen LogP contribution is 2.27. The monoisotopic (exact) mass is 427 g/mol. The molecule has 1 aromatic carbocycles. The molecule has 3 rings (SSSR count). The lowest BCUT2D eigenvalue weighted by molar-refractivity contribution is -0.0258. The molecule has 1 atom stereocenters. The van der Waals surface area contributed by atoms with E-state index in [4.69, 9.17) is 16.4 Å². The summed E-state index contributed by atoms with van der Waals surface area (Å²) >= 11 is 6.09. The summed E-state index contributed by atoms with van der Waals surface area (Å²) < 4.78 is 27.6. The van der Waals surface area contributed by atoms with Gasteiger partial charge < -0.3 is 4.90 Å². The van der Waals surface area contributed by atoms with Crippen LogP contribution in [0.3, 0.4) is 0 Å². The number of carbonyl (C=O) groups is 1. The minimum atomic E-state index is -3.97. The minimum Gasteiger partial charge on any atom is -0.334 e. The molecule has 2 aromatic rings. The van der Waals surface area contributed by atoms with E-state index >= 15 is 0 Å². The Balaban J connectivity index is 1.89. The van der Waals surface area contributed by atoms with Crippen LogP contribution in [0.15, 0.2) is 35.5 Å². The van der Waals surface area contributed by atoms with Gasteiger partial charge in [0.1, 0.15) is 4.90 Å². The van der Waals surface area contributed by atoms with Crippen LogP contribution in [-0.4, -0.2) is 65.4 Å². The summed E-state index contributed by atoms with van der Waals surface area (Å²) in [5.74, 6) is -0.238. The number of amides is 1. The molecule has 0 aliphatic carbocycles. The number of hydrogen-bond acceptors (Lipinski definition) is 6. The van der Waals surface area contributed by atoms with Crippen molar-refractivity contribution in [2.24, 2.45) is 0 Å². The number of likely N-dealkylation sites (tertiary alicyclic amines) is 1. The van der Waals surface area contributed by atoms with Gasteiger partial charge in [-0.2, -0.15) is 0 Å². The molecule has 1 aromatic heterocycles. The first kappa shape index (κ1) is 20.7. The van der Waals surface area contributed by atoms with Gasteiger partial charge in [-0.1, -0.05) is 21.3 Å². The molecule has 0 bridgehead atoms. The Bertz CT molecular complexity index is 935. The van der Waals surface area contributed by atoms with Crippen LogP contribution in [0.25, 0.3) is 0 Å². The number of sulfonamides is 1. The third kappa shape index (κ3) is 4.19. The number of aromatic nitrogens is 3. The summed E-state index contributed by atoms with van der Waals surface area (Å²) in [6.45, 7) is 1.14. The second-order valence-electron chi connectivity index (χ2n) is 6.52. The van der Waals surface area contributed by atoms with Gasteiger partial charge in [0.15, 0.2) is 0 Å². The van der Waals surface area contributed by atoms with Gasteiger partial charge >= 0.3 is 0 Å². The average Bonchev–Trinajstić information content (AvgIpc) is 3.20. The van der Waals surface area contributed by atoms with Crippen molar-refractivity contribution in [1.29, 1.82) is 0 Å². The van der Waals surface area contributed by atoms with Crippen molar-refractivity contribution in [2.75, 3.05) is 20.7 Å². The Morgan fingerprint density at radius 3 is 2.86 bits per heavy atom. The largest absolute Gasteiger partial charge is 0.334 e. The maximum Gasteiger partial charge on any atom is 0.266 e. The van der Waals surface area contributed by atoms with Gasteiger partial charge in [0.05, 0.1) is 30.9 Å². The highest BCUT2D eigenvalue weighted by atomic mass is 35.5. The molecule has 152 valence electrons. The van der Waals surface area contributed by atoms with Gasteiger partial charge in [0.2, 0.25) is 0 Å². The fraction of sp³-hybridized carbons (Fsp3) is 0.471. The topological polar surface area (TPSA) is 97.6 Å². The first-order valence-electron chi connectivity index (χ1n) is 8.82. The van der Waals surface area contributed by atoms with Crippen molar-refractivity contribution >= 4 is 27.5 Å². The van der Waals surface area contributed by atoms with E-state index in [2.05, 4.69) is 10.3 Å².